The van der Waals surface area contributed by atoms with Gasteiger partial charge in [0.25, 0.3) is 0 Å². The van der Waals surface area contributed by atoms with Gasteiger partial charge in [-0.25, -0.2) is 4.98 Å². The predicted octanol–water partition coefficient (Wildman–Crippen LogP) is 7.78. The maximum atomic E-state index is 6.55. The van der Waals surface area contributed by atoms with Gasteiger partial charge in [-0.05, 0) is 56.0 Å². The molecule has 0 bridgehead atoms. The first kappa shape index (κ1) is 24.3. The minimum atomic E-state index is -0.506. The maximum absolute atomic E-state index is 6.55. The zero-order valence-corrected chi connectivity index (χ0v) is 22.4. The lowest BCUT2D eigenvalue weighted by Crippen LogP contribution is -2.40. The molecule has 2 atom stereocenters. The van der Waals surface area contributed by atoms with E-state index in [0.29, 0.717) is 5.92 Å². The molecule has 1 aromatic heterocycles. The average Bonchev–Trinajstić information content (AvgIpc) is 3.42. The number of aromatic nitrogens is 1. The number of benzene rings is 3. The Morgan fingerprint density at radius 3 is 2.30 bits per heavy atom. The van der Waals surface area contributed by atoms with E-state index in [-0.39, 0.29) is 0 Å². The highest BCUT2D eigenvalue weighted by Gasteiger charge is 2.43. The second kappa shape index (κ2) is 10.4. The van der Waals surface area contributed by atoms with Gasteiger partial charge in [0.1, 0.15) is 22.7 Å². The minimum Gasteiger partial charge on any atom is -0.457 e. The molecule has 4 nitrogen and oxygen atoms in total. The molecule has 1 saturated heterocycles. The van der Waals surface area contributed by atoms with Gasteiger partial charge in [0.05, 0.1) is 12.7 Å². The van der Waals surface area contributed by atoms with Crippen molar-refractivity contribution in [2.75, 3.05) is 18.8 Å². The molecule has 0 aliphatic carbocycles. The highest BCUT2D eigenvalue weighted by Crippen LogP contribution is 2.51. The summed E-state index contributed by atoms with van der Waals surface area (Å²) in [6.45, 7) is 7.55. The maximum Gasteiger partial charge on any atom is 0.209 e. The third-order valence-corrected chi connectivity index (χ3v) is 9.34. The number of hydrogen-bond acceptors (Lipinski definition) is 5. The summed E-state index contributed by atoms with van der Waals surface area (Å²) in [5.74, 6) is 6.01. The number of likely N-dealkylation sites (tertiary alicyclic amines) is 1. The van der Waals surface area contributed by atoms with E-state index in [2.05, 4.69) is 73.3 Å². The fourth-order valence-electron chi connectivity index (χ4n) is 6.01. The summed E-state index contributed by atoms with van der Waals surface area (Å²) >= 11 is 1.99. The van der Waals surface area contributed by atoms with Gasteiger partial charge in [-0.15, -0.1) is 11.8 Å². The highest BCUT2D eigenvalue weighted by atomic mass is 32.2. The Bertz CT molecular complexity index is 1310. The molecule has 37 heavy (non-hydrogen) atoms. The Hall–Kier alpha value is -3.02. The first-order valence-electron chi connectivity index (χ1n) is 13.4. The normalized spacial score (nSPS) is 20.6. The molecule has 5 heteroatoms. The van der Waals surface area contributed by atoms with Crippen LogP contribution >= 0.6 is 11.8 Å². The van der Waals surface area contributed by atoms with E-state index in [9.17, 15) is 0 Å². The summed E-state index contributed by atoms with van der Waals surface area (Å²) in [6, 6.07) is 27.2. The Morgan fingerprint density at radius 2 is 1.59 bits per heavy atom. The summed E-state index contributed by atoms with van der Waals surface area (Å²) in [4.78, 5) is 8.77. The second-order valence-corrected chi connectivity index (χ2v) is 11.5. The van der Waals surface area contributed by atoms with Gasteiger partial charge < -0.3 is 9.15 Å². The first-order chi connectivity index (χ1) is 18.1. The second-order valence-electron chi connectivity index (χ2n) is 10.4. The number of para-hydroxylation sites is 2. The highest BCUT2D eigenvalue weighted by molar-refractivity contribution is 7.99. The fraction of sp³-hybridized carbons (Fsp3) is 0.344. The molecule has 0 amide bonds. The van der Waals surface area contributed by atoms with Gasteiger partial charge in [0.2, 0.25) is 5.89 Å². The Kier molecular flexibility index (Phi) is 6.83. The number of fused-ring (bicyclic) bond motifs is 2. The molecule has 1 unspecified atom stereocenters. The Balaban J connectivity index is 1.21. The zero-order chi connectivity index (χ0) is 25.2. The monoisotopic (exact) mass is 510 g/mol. The smallest absolute Gasteiger partial charge is 0.209 e. The molecular formula is C32H34N2O2S. The van der Waals surface area contributed by atoms with E-state index in [1.165, 1.54) is 17.7 Å². The lowest BCUT2D eigenvalue weighted by atomic mass is 9.74. The third-order valence-electron chi connectivity index (χ3n) is 8.14. The molecular weight excluding hydrogens is 476 g/mol. The van der Waals surface area contributed by atoms with Gasteiger partial charge in [-0.1, -0.05) is 67.9 Å². The number of oxazole rings is 1. The van der Waals surface area contributed by atoms with Gasteiger partial charge in [0, 0.05) is 28.3 Å². The van der Waals surface area contributed by atoms with Crippen molar-refractivity contribution in [3.8, 4) is 11.5 Å². The van der Waals surface area contributed by atoms with E-state index < -0.39 is 5.41 Å². The molecule has 0 N–H and O–H groups in total. The Morgan fingerprint density at radius 1 is 0.919 bits per heavy atom. The third kappa shape index (κ3) is 4.71. The molecule has 0 spiro atoms. The van der Waals surface area contributed by atoms with E-state index in [1.807, 2.05) is 42.2 Å². The molecule has 3 aromatic carbocycles. The number of hydrogen-bond donors (Lipinski definition) is 0. The topological polar surface area (TPSA) is 38.5 Å². The van der Waals surface area contributed by atoms with Crippen LogP contribution in [0.25, 0.3) is 0 Å². The minimum absolute atomic E-state index is 0.506. The van der Waals surface area contributed by atoms with Crippen molar-refractivity contribution in [2.24, 2.45) is 11.8 Å². The molecule has 4 aromatic rings. The van der Waals surface area contributed by atoms with Crippen molar-refractivity contribution in [1.29, 1.82) is 0 Å². The van der Waals surface area contributed by atoms with Crippen molar-refractivity contribution >= 4 is 11.8 Å². The number of nitrogens with zero attached hydrogens (tertiary/aromatic N) is 2. The quantitative estimate of drug-likeness (QED) is 0.237. The lowest BCUT2D eigenvalue weighted by Gasteiger charge is -2.38. The predicted molar refractivity (Wildman–Crippen MR) is 149 cm³/mol. The van der Waals surface area contributed by atoms with Crippen LogP contribution in [0.5, 0.6) is 11.5 Å². The Labute approximate surface area is 224 Å². The average molecular weight is 511 g/mol. The van der Waals surface area contributed by atoms with Crippen LogP contribution in [0.4, 0.5) is 0 Å². The summed E-state index contributed by atoms with van der Waals surface area (Å²) in [6.07, 6.45) is 4.42. The summed E-state index contributed by atoms with van der Waals surface area (Å²) in [7, 11) is 0. The summed E-state index contributed by atoms with van der Waals surface area (Å²) < 4.78 is 12.8. The SMILES string of the molecule is CCC1CCN(Cc2cnc(C3(C)c4ccccc4Oc4ccccc43)o2)C[C@H]1CSc1ccccc1. The van der Waals surface area contributed by atoms with Crippen LogP contribution in [0.15, 0.2) is 94.4 Å². The van der Waals surface area contributed by atoms with Crippen LogP contribution in [0.1, 0.15) is 49.5 Å². The van der Waals surface area contributed by atoms with Crippen LogP contribution in [0.3, 0.4) is 0 Å². The van der Waals surface area contributed by atoms with Crippen LogP contribution in [-0.2, 0) is 12.0 Å². The van der Waals surface area contributed by atoms with Gasteiger partial charge >= 0.3 is 0 Å². The molecule has 6 rings (SSSR count). The van der Waals surface area contributed by atoms with Crippen LogP contribution < -0.4 is 4.74 Å². The number of thioether (sulfide) groups is 1. The van der Waals surface area contributed by atoms with E-state index >= 15 is 0 Å². The summed E-state index contributed by atoms with van der Waals surface area (Å²) in [5.41, 5.74) is 1.67. The van der Waals surface area contributed by atoms with Gasteiger partial charge in [-0.2, -0.15) is 0 Å². The zero-order valence-electron chi connectivity index (χ0n) is 21.6. The van der Waals surface area contributed by atoms with Crippen molar-refractivity contribution in [3.05, 3.63) is 108 Å². The van der Waals surface area contributed by atoms with Gasteiger partial charge in [0.15, 0.2) is 0 Å². The molecule has 0 radical (unpaired) electrons. The molecule has 190 valence electrons. The lowest BCUT2D eigenvalue weighted by molar-refractivity contribution is 0.115. The number of ether oxygens (including phenoxy) is 1. The van der Waals surface area contributed by atoms with Gasteiger partial charge in [-0.3, -0.25) is 4.90 Å². The van der Waals surface area contributed by atoms with Crippen LogP contribution in [0.2, 0.25) is 0 Å². The van der Waals surface area contributed by atoms with Crippen molar-refractivity contribution in [3.63, 3.8) is 0 Å². The number of piperidine rings is 1. The number of rotatable bonds is 7. The van der Waals surface area contributed by atoms with Crippen molar-refractivity contribution in [2.45, 2.75) is 43.5 Å². The largest absolute Gasteiger partial charge is 0.457 e. The molecule has 1 fully saturated rings. The van der Waals surface area contributed by atoms with Crippen LogP contribution in [0, 0.1) is 11.8 Å². The molecule has 3 heterocycles. The van der Waals surface area contributed by atoms with E-state index in [0.717, 1.165) is 65.6 Å². The molecule has 0 saturated carbocycles. The molecule has 2 aliphatic heterocycles. The van der Waals surface area contributed by atoms with Crippen LogP contribution in [-0.4, -0.2) is 28.7 Å². The van der Waals surface area contributed by atoms with E-state index in [4.69, 9.17) is 14.1 Å². The summed E-state index contributed by atoms with van der Waals surface area (Å²) in [5, 5.41) is 0. The van der Waals surface area contributed by atoms with Crippen molar-refractivity contribution < 1.29 is 9.15 Å². The van der Waals surface area contributed by atoms with Crippen molar-refractivity contribution in [1.82, 2.24) is 9.88 Å². The first-order valence-corrected chi connectivity index (χ1v) is 14.4. The fourth-order valence-corrected chi connectivity index (χ4v) is 7.14. The van der Waals surface area contributed by atoms with E-state index in [1.54, 1.807) is 0 Å². The standard InChI is InChI=1S/C32H34N2O2S/c1-3-23-17-18-34(20-24(23)22-37-26-11-5-4-6-12-26)21-25-19-33-31(35-25)32(2)27-13-7-9-15-29(27)36-30-16-10-8-14-28(30)32/h4-16,19,23-24H,3,17-18,20-22H2,1-2H3/t23?,24-/m0/s1. The molecule has 2 aliphatic rings.